The highest BCUT2D eigenvalue weighted by atomic mass is 31.1. The van der Waals surface area contributed by atoms with E-state index in [0.29, 0.717) is 12.0 Å². The first-order valence-electron chi connectivity index (χ1n) is 12.4. The Morgan fingerprint density at radius 1 is 0.758 bits per heavy atom. The van der Waals surface area contributed by atoms with Gasteiger partial charge in [-0.1, -0.05) is 92.7 Å². The van der Waals surface area contributed by atoms with Crippen molar-refractivity contribution in [3.8, 4) is 0 Å². The first-order valence-corrected chi connectivity index (χ1v) is 13.7. The lowest BCUT2D eigenvalue weighted by Crippen LogP contribution is -2.46. The molecule has 4 rings (SSSR count). The minimum absolute atomic E-state index is 0.514. The second-order valence-corrected chi connectivity index (χ2v) is 12.3. The van der Waals surface area contributed by atoms with E-state index in [4.69, 9.17) is 0 Å². The first kappa shape index (κ1) is 24.0. The van der Waals surface area contributed by atoms with E-state index in [0.717, 1.165) is 18.4 Å². The van der Waals surface area contributed by atoms with Crippen molar-refractivity contribution >= 4 is 24.4 Å². The van der Waals surface area contributed by atoms with Gasteiger partial charge in [-0.2, -0.15) is 0 Å². The number of rotatable bonds is 8. The summed E-state index contributed by atoms with van der Waals surface area (Å²) in [6.45, 7) is 5.97. The normalized spacial score (nSPS) is 21.0. The molecule has 174 valence electrons. The van der Waals surface area contributed by atoms with Crippen molar-refractivity contribution in [1.29, 1.82) is 0 Å². The zero-order valence-electron chi connectivity index (χ0n) is 20.6. The van der Waals surface area contributed by atoms with E-state index in [-0.39, 0.29) is 0 Å². The average molecular weight is 459 g/mol. The van der Waals surface area contributed by atoms with Gasteiger partial charge in [0.1, 0.15) is 0 Å². The molecule has 2 nitrogen and oxygen atoms in total. The summed E-state index contributed by atoms with van der Waals surface area (Å²) in [6.07, 6.45) is 3.93. The molecule has 0 N–H and O–H groups in total. The maximum Gasteiger partial charge on any atom is 0.0366 e. The number of benzene rings is 3. The van der Waals surface area contributed by atoms with Crippen LogP contribution in [0.3, 0.4) is 0 Å². The van der Waals surface area contributed by atoms with Gasteiger partial charge in [0.05, 0.1) is 0 Å². The lowest BCUT2D eigenvalue weighted by molar-refractivity contribution is 0.174. The molecule has 1 aliphatic carbocycles. The van der Waals surface area contributed by atoms with E-state index in [1.54, 1.807) is 0 Å². The maximum atomic E-state index is 2.65. The predicted molar refractivity (Wildman–Crippen MR) is 146 cm³/mol. The van der Waals surface area contributed by atoms with Crippen LogP contribution in [0.25, 0.3) is 0 Å². The smallest absolute Gasteiger partial charge is 0.0366 e. The van der Waals surface area contributed by atoms with Crippen molar-refractivity contribution in [3.63, 3.8) is 0 Å². The summed E-state index contributed by atoms with van der Waals surface area (Å²) >= 11 is 0. The zero-order chi connectivity index (χ0) is 23.2. The van der Waals surface area contributed by atoms with Crippen LogP contribution in [-0.2, 0) is 0 Å². The van der Waals surface area contributed by atoms with E-state index in [1.807, 2.05) is 0 Å². The largest absolute Gasteiger partial charge is 0.371 e. The SMILES string of the molecule is CC(C)C1CCC(CN(C)P(c2ccccc2)c2ccccc2)CC1N(C)c1ccccc1. The third-order valence-corrected chi connectivity index (χ3v) is 9.78. The van der Waals surface area contributed by atoms with Gasteiger partial charge in [-0.15, -0.1) is 0 Å². The Morgan fingerprint density at radius 2 is 1.27 bits per heavy atom. The Labute approximate surface area is 202 Å². The molecule has 33 heavy (non-hydrogen) atoms. The lowest BCUT2D eigenvalue weighted by atomic mass is 9.72. The highest BCUT2D eigenvalue weighted by Gasteiger charge is 2.36. The molecule has 0 radical (unpaired) electrons. The molecule has 1 fully saturated rings. The quantitative estimate of drug-likeness (QED) is 0.354. The van der Waals surface area contributed by atoms with Crippen molar-refractivity contribution in [2.75, 3.05) is 25.5 Å². The Bertz CT molecular complexity index is 921. The van der Waals surface area contributed by atoms with E-state index >= 15 is 0 Å². The minimum atomic E-state index is -0.514. The summed E-state index contributed by atoms with van der Waals surface area (Å²) < 4.78 is 2.65. The van der Waals surface area contributed by atoms with Crippen LogP contribution in [0, 0.1) is 17.8 Å². The van der Waals surface area contributed by atoms with Gasteiger partial charge in [0.25, 0.3) is 0 Å². The van der Waals surface area contributed by atoms with Crippen LogP contribution >= 0.6 is 8.07 Å². The number of anilines is 1. The van der Waals surface area contributed by atoms with Gasteiger partial charge in [-0.3, -0.25) is 4.67 Å². The minimum Gasteiger partial charge on any atom is -0.371 e. The molecular weight excluding hydrogens is 419 g/mol. The molecule has 0 heterocycles. The molecule has 0 bridgehead atoms. The van der Waals surface area contributed by atoms with Gasteiger partial charge in [0.2, 0.25) is 0 Å². The zero-order valence-corrected chi connectivity index (χ0v) is 21.5. The fourth-order valence-corrected chi connectivity index (χ4v) is 8.03. The summed E-state index contributed by atoms with van der Waals surface area (Å²) in [5.74, 6) is 2.19. The number of hydrogen-bond acceptors (Lipinski definition) is 2. The second-order valence-electron chi connectivity index (χ2n) is 9.92. The Morgan fingerprint density at radius 3 is 1.79 bits per heavy atom. The summed E-state index contributed by atoms with van der Waals surface area (Å²) in [6, 6.07) is 33.7. The standard InChI is InChI=1S/C30H39N2P/c1-24(2)29-21-20-25(22-30(29)32(4)26-14-8-5-9-15-26)23-31(3)33(27-16-10-6-11-17-27)28-18-12-7-13-19-28/h5-19,24-25,29-30H,20-23H2,1-4H3. The molecule has 0 aromatic heterocycles. The molecule has 1 aliphatic rings. The van der Waals surface area contributed by atoms with Crippen LogP contribution in [0.15, 0.2) is 91.0 Å². The van der Waals surface area contributed by atoms with E-state index < -0.39 is 8.07 Å². The van der Waals surface area contributed by atoms with E-state index in [1.165, 1.54) is 35.6 Å². The fraction of sp³-hybridized carbons (Fsp3) is 0.400. The van der Waals surface area contributed by atoms with Gasteiger partial charge in [0, 0.05) is 33.4 Å². The molecule has 3 atom stereocenters. The van der Waals surface area contributed by atoms with Crippen molar-refractivity contribution < 1.29 is 0 Å². The average Bonchev–Trinajstić information content (AvgIpc) is 2.85. The third kappa shape index (κ3) is 5.86. The third-order valence-electron chi connectivity index (χ3n) is 7.36. The maximum absolute atomic E-state index is 2.65. The molecule has 0 spiro atoms. The van der Waals surface area contributed by atoms with Gasteiger partial charge in [0.15, 0.2) is 0 Å². The predicted octanol–water partition coefficient (Wildman–Crippen LogP) is 6.54. The molecule has 3 aromatic carbocycles. The van der Waals surface area contributed by atoms with Crippen LogP contribution < -0.4 is 15.5 Å². The Balaban J connectivity index is 1.53. The summed E-state index contributed by atoms with van der Waals surface area (Å²) in [7, 11) is 4.14. The molecule has 3 unspecified atom stereocenters. The van der Waals surface area contributed by atoms with Crippen LogP contribution in [0.2, 0.25) is 0 Å². The molecule has 0 amide bonds. The van der Waals surface area contributed by atoms with Crippen LogP contribution in [-0.4, -0.2) is 31.4 Å². The van der Waals surface area contributed by atoms with E-state index in [2.05, 4.69) is 129 Å². The van der Waals surface area contributed by atoms with Gasteiger partial charge in [-0.05, 0) is 66.8 Å². The molecule has 3 aromatic rings. The van der Waals surface area contributed by atoms with Crippen molar-refractivity contribution in [1.82, 2.24) is 4.67 Å². The van der Waals surface area contributed by atoms with Crippen LogP contribution in [0.5, 0.6) is 0 Å². The summed E-state index contributed by atoms with van der Waals surface area (Å²) in [5, 5.41) is 2.88. The number of nitrogens with zero attached hydrogens (tertiary/aromatic N) is 2. The van der Waals surface area contributed by atoms with Crippen LogP contribution in [0.1, 0.15) is 33.1 Å². The van der Waals surface area contributed by atoms with Crippen molar-refractivity contribution in [2.24, 2.45) is 17.8 Å². The highest BCUT2D eigenvalue weighted by molar-refractivity contribution is 7.70. The monoisotopic (exact) mass is 458 g/mol. The van der Waals surface area contributed by atoms with Gasteiger partial charge >= 0.3 is 0 Å². The second kappa shape index (κ2) is 11.3. The molecule has 0 aliphatic heterocycles. The summed E-state index contributed by atoms with van der Waals surface area (Å²) in [5.41, 5.74) is 1.35. The first-order chi connectivity index (χ1) is 16.0. The van der Waals surface area contributed by atoms with Crippen molar-refractivity contribution in [2.45, 2.75) is 39.2 Å². The highest BCUT2D eigenvalue weighted by Crippen LogP contribution is 2.42. The van der Waals surface area contributed by atoms with Gasteiger partial charge < -0.3 is 4.90 Å². The topological polar surface area (TPSA) is 6.48 Å². The molecule has 3 heteroatoms. The Hall–Kier alpha value is -2.15. The molecule has 1 saturated carbocycles. The Kier molecular flexibility index (Phi) is 8.23. The molecule has 0 saturated heterocycles. The van der Waals surface area contributed by atoms with Gasteiger partial charge in [-0.25, -0.2) is 0 Å². The van der Waals surface area contributed by atoms with Crippen molar-refractivity contribution in [3.05, 3.63) is 91.0 Å². The number of para-hydroxylation sites is 1. The van der Waals surface area contributed by atoms with E-state index in [9.17, 15) is 0 Å². The number of hydrogen-bond donors (Lipinski definition) is 0. The molecular formula is C30H39N2P. The van der Waals surface area contributed by atoms with Crippen LogP contribution in [0.4, 0.5) is 5.69 Å². The summed E-state index contributed by atoms with van der Waals surface area (Å²) in [4.78, 5) is 2.56. The fourth-order valence-electron chi connectivity index (χ4n) is 5.64. The lowest BCUT2D eigenvalue weighted by Gasteiger charge is -2.45.